The Morgan fingerprint density at radius 1 is 1.37 bits per heavy atom. The number of thiophene rings is 1. The van der Waals surface area contributed by atoms with Gasteiger partial charge in [0.15, 0.2) is 0 Å². The zero-order valence-electron chi connectivity index (χ0n) is 10.9. The molecule has 2 unspecified atom stereocenters. The van der Waals surface area contributed by atoms with Crippen molar-refractivity contribution in [2.45, 2.75) is 18.1 Å². The first-order valence-corrected chi connectivity index (χ1v) is 8.79. The van der Waals surface area contributed by atoms with E-state index in [-0.39, 0.29) is 5.92 Å². The van der Waals surface area contributed by atoms with Gasteiger partial charge < -0.3 is 9.64 Å². The molecule has 2 atom stereocenters. The molecule has 0 bridgehead atoms. The molecule has 0 N–H and O–H groups in total. The van der Waals surface area contributed by atoms with Gasteiger partial charge in [0.25, 0.3) is 0 Å². The number of amides is 1. The average Bonchev–Trinajstić information content (AvgIpc) is 3.08. The first kappa shape index (κ1) is 13.5. The van der Waals surface area contributed by atoms with Crippen LogP contribution in [-0.4, -0.2) is 42.9 Å². The van der Waals surface area contributed by atoms with Crippen molar-refractivity contribution in [2.75, 3.05) is 32.1 Å². The van der Waals surface area contributed by atoms with Crippen molar-refractivity contribution in [2.24, 2.45) is 5.92 Å². The van der Waals surface area contributed by atoms with Crippen LogP contribution in [0.15, 0.2) is 17.5 Å². The Bertz CT molecular complexity index is 415. The Morgan fingerprint density at radius 2 is 2.32 bits per heavy atom. The average molecular weight is 297 g/mol. The van der Waals surface area contributed by atoms with Gasteiger partial charge in [-0.2, -0.15) is 11.8 Å². The maximum atomic E-state index is 12.4. The van der Waals surface area contributed by atoms with E-state index in [1.54, 1.807) is 0 Å². The molecular weight excluding hydrogens is 278 g/mol. The third-order valence-corrected chi connectivity index (χ3v) is 6.24. The van der Waals surface area contributed by atoms with E-state index in [9.17, 15) is 4.79 Å². The summed E-state index contributed by atoms with van der Waals surface area (Å²) >= 11 is 3.82. The highest BCUT2D eigenvalue weighted by atomic mass is 32.2. The maximum absolute atomic E-state index is 12.4. The SMILES string of the molecule is O=C(C1CCOC1)N1CCSC(c2cccs2)CC1. The summed E-state index contributed by atoms with van der Waals surface area (Å²) in [6, 6.07) is 4.33. The van der Waals surface area contributed by atoms with E-state index in [0.717, 1.165) is 38.3 Å². The van der Waals surface area contributed by atoms with Crippen LogP contribution in [-0.2, 0) is 9.53 Å². The largest absolute Gasteiger partial charge is 0.381 e. The molecule has 1 aromatic heterocycles. The van der Waals surface area contributed by atoms with E-state index in [2.05, 4.69) is 22.4 Å². The summed E-state index contributed by atoms with van der Waals surface area (Å²) < 4.78 is 5.33. The normalized spacial score (nSPS) is 28.3. The van der Waals surface area contributed by atoms with Gasteiger partial charge in [0.1, 0.15) is 0 Å². The van der Waals surface area contributed by atoms with Crippen LogP contribution in [0.1, 0.15) is 23.0 Å². The van der Waals surface area contributed by atoms with E-state index in [4.69, 9.17) is 4.74 Å². The number of rotatable bonds is 2. The van der Waals surface area contributed by atoms with Crippen molar-refractivity contribution >= 4 is 29.0 Å². The molecule has 3 nitrogen and oxygen atoms in total. The lowest BCUT2D eigenvalue weighted by molar-refractivity contribution is -0.135. The second-order valence-electron chi connectivity index (χ2n) is 5.05. The summed E-state index contributed by atoms with van der Waals surface area (Å²) in [4.78, 5) is 15.9. The molecule has 0 aliphatic carbocycles. The van der Waals surface area contributed by atoms with Crippen LogP contribution in [0.25, 0.3) is 0 Å². The number of carbonyl (C=O) groups excluding carboxylic acids is 1. The van der Waals surface area contributed by atoms with Crippen LogP contribution in [0.2, 0.25) is 0 Å². The van der Waals surface area contributed by atoms with Crippen LogP contribution in [0.4, 0.5) is 0 Å². The van der Waals surface area contributed by atoms with Gasteiger partial charge in [-0.3, -0.25) is 4.79 Å². The minimum atomic E-state index is 0.114. The van der Waals surface area contributed by atoms with Crippen LogP contribution >= 0.6 is 23.1 Å². The molecular formula is C14H19NO2S2. The van der Waals surface area contributed by atoms with Crippen LogP contribution < -0.4 is 0 Å². The summed E-state index contributed by atoms with van der Waals surface area (Å²) in [5.74, 6) is 1.47. The van der Waals surface area contributed by atoms with Gasteiger partial charge in [0, 0.05) is 35.6 Å². The molecule has 3 rings (SSSR count). The Kier molecular flexibility index (Phi) is 4.45. The number of thioether (sulfide) groups is 1. The lowest BCUT2D eigenvalue weighted by Crippen LogP contribution is -2.37. The molecule has 19 heavy (non-hydrogen) atoms. The highest BCUT2D eigenvalue weighted by Gasteiger charge is 2.30. The molecule has 1 amide bonds. The van der Waals surface area contributed by atoms with Crippen LogP contribution in [0.5, 0.6) is 0 Å². The number of hydrogen-bond acceptors (Lipinski definition) is 4. The molecule has 104 valence electrons. The van der Waals surface area contributed by atoms with E-state index >= 15 is 0 Å². The molecule has 5 heteroatoms. The first-order valence-electron chi connectivity index (χ1n) is 6.86. The summed E-state index contributed by atoms with van der Waals surface area (Å²) in [5.41, 5.74) is 0. The number of hydrogen-bond donors (Lipinski definition) is 0. The molecule has 2 aliphatic heterocycles. The Morgan fingerprint density at radius 3 is 3.05 bits per heavy atom. The second-order valence-corrected chi connectivity index (χ2v) is 7.34. The molecule has 2 saturated heterocycles. The maximum Gasteiger partial charge on any atom is 0.228 e. The van der Waals surface area contributed by atoms with Crippen molar-refractivity contribution in [3.05, 3.63) is 22.4 Å². The van der Waals surface area contributed by atoms with E-state index in [1.807, 2.05) is 23.1 Å². The zero-order valence-corrected chi connectivity index (χ0v) is 12.5. The van der Waals surface area contributed by atoms with Crippen molar-refractivity contribution < 1.29 is 9.53 Å². The molecule has 1 aromatic rings. The molecule has 0 spiro atoms. The van der Waals surface area contributed by atoms with Crippen LogP contribution in [0, 0.1) is 5.92 Å². The lowest BCUT2D eigenvalue weighted by Gasteiger charge is -2.23. The summed E-state index contributed by atoms with van der Waals surface area (Å²) in [7, 11) is 0. The predicted molar refractivity (Wildman–Crippen MR) is 79.6 cm³/mol. The quantitative estimate of drug-likeness (QED) is 0.840. The minimum Gasteiger partial charge on any atom is -0.381 e. The van der Waals surface area contributed by atoms with E-state index in [1.165, 1.54) is 4.88 Å². The van der Waals surface area contributed by atoms with Crippen molar-refractivity contribution in [1.29, 1.82) is 0 Å². The van der Waals surface area contributed by atoms with Gasteiger partial charge in [-0.25, -0.2) is 0 Å². The van der Waals surface area contributed by atoms with Gasteiger partial charge in [-0.15, -0.1) is 11.3 Å². The minimum absolute atomic E-state index is 0.114. The van der Waals surface area contributed by atoms with Gasteiger partial charge in [0.2, 0.25) is 5.91 Å². The summed E-state index contributed by atoms with van der Waals surface area (Å²) in [6.45, 7) is 3.15. The van der Waals surface area contributed by atoms with E-state index < -0.39 is 0 Å². The van der Waals surface area contributed by atoms with Crippen molar-refractivity contribution in [3.63, 3.8) is 0 Å². The smallest absolute Gasteiger partial charge is 0.228 e. The molecule has 2 fully saturated rings. The third kappa shape index (κ3) is 3.15. The molecule has 2 aliphatic rings. The first-order chi connectivity index (χ1) is 9.34. The molecule has 3 heterocycles. The highest BCUT2D eigenvalue weighted by Crippen LogP contribution is 2.37. The van der Waals surface area contributed by atoms with E-state index in [0.29, 0.717) is 17.8 Å². The fourth-order valence-electron chi connectivity index (χ4n) is 2.68. The fourth-order valence-corrected chi connectivity index (χ4v) is 4.92. The number of nitrogens with zero attached hydrogens (tertiary/aromatic N) is 1. The third-order valence-electron chi connectivity index (χ3n) is 3.79. The topological polar surface area (TPSA) is 29.5 Å². The fraction of sp³-hybridized carbons (Fsp3) is 0.643. The highest BCUT2D eigenvalue weighted by molar-refractivity contribution is 7.99. The summed E-state index contributed by atoms with van der Waals surface area (Å²) in [6.07, 6.45) is 1.97. The Balaban J connectivity index is 1.59. The standard InChI is InChI=1S/C14H19NO2S2/c16-14(11-4-7-17-10-11)15-5-3-13(19-9-6-15)12-2-1-8-18-12/h1-2,8,11,13H,3-7,9-10H2. The van der Waals surface area contributed by atoms with Gasteiger partial charge in [0.05, 0.1) is 12.5 Å². The summed E-state index contributed by atoms with van der Waals surface area (Å²) in [5, 5.41) is 2.71. The van der Waals surface area contributed by atoms with Crippen molar-refractivity contribution in [1.82, 2.24) is 4.90 Å². The molecule has 0 saturated carbocycles. The second kappa shape index (κ2) is 6.29. The molecule has 0 radical (unpaired) electrons. The van der Waals surface area contributed by atoms with Gasteiger partial charge in [-0.1, -0.05) is 6.07 Å². The predicted octanol–water partition coefficient (Wildman–Crippen LogP) is 2.79. The Labute approximate surface area is 122 Å². The van der Waals surface area contributed by atoms with Crippen LogP contribution in [0.3, 0.4) is 0 Å². The zero-order chi connectivity index (χ0) is 13.1. The van der Waals surface area contributed by atoms with Gasteiger partial charge >= 0.3 is 0 Å². The van der Waals surface area contributed by atoms with Gasteiger partial charge in [-0.05, 0) is 24.3 Å². The number of carbonyl (C=O) groups is 1. The Hall–Kier alpha value is -0.520. The molecule has 0 aromatic carbocycles. The van der Waals surface area contributed by atoms with Crippen molar-refractivity contribution in [3.8, 4) is 0 Å². The lowest BCUT2D eigenvalue weighted by atomic mass is 10.1. The number of ether oxygens (including phenoxy) is 1. The monoisotopic (exact) mass is 297 g/mol.